The molecule has 136 valence electrons. The van der Waals surface area contributed by atoms with Crippen LogP contribution in [0.3, 0.4) is 0 Å². The number of nitrogens with two attached hydrogens (primary N) is 1. The van der Waals surface area contributed by atoms with E-state index in [-0.39, 0.29) is 30.1 Å². The fourth-order valence-electron chi connectivity index (χ4n) is 2.77. The molecule has 0 aliphatic carbocycles. The highest BCUT2D eigenvalue weighted by atomic mass is 35.5. The molecule has 1 unspecified atom stereocenters. The molecular formula is C16H26ClN3O3S. The number of halogens is 1. The maximum atomic E-state index is 12.2. The lowest BCUT2D eigenvalue weighted by molar-refractivity contribution is -0.123. The van der Waals surface area contributed by atoms with Crippen LogP contribution in [0.15, 0.2) is 30.3 Å². The molecular weight excluding hydrogens is 350 g/mol. The number of nitrogens with zero attached hydrogens (tertiary/aromatic N) is 1. The van der Waals surface area contributed by atoms with E-state index in [4.69, 9.17) is 5.73 Å². The van der Waals surface area contributed by atoms with Gasteiger partial charge in [-0.2, -0.15) is 0 Å². The molecule has 0 spiro atoms. The highest BCUT2D eigenvalue weighted by Gasteiger charge is 2.28. The third-order valence-corrected chi connectivity index (χ3v) is 6.17. The van der Waals surface area contributed by atoms with Crippen molar-refractivity contribution in [2.45, 2.75) is 38.3 Å². The minimum Gasteiger partial charge on any atom is -0.352 e. The van der Waals surface area contributed by atoms with Crippen molar-refractivity contribution in [2.75, 3.05) is 18.8 Å². The molecule has 1 aromatic rings. The largest absolute Gasteiger partial charge is 0.352 e. The van der Waals surface area contributed by atoms with Crippen molar-refractivity contribution >= 4 is 28.3 Å². The van der Waals surface area contributed by atoms with Crippen LogP contribution in [0.25, 0.3) is 0 Å². The third kappa shape index (κ3) is 5.44. The Kier molecular flexibility index (Phi) is 8.15. The first-order valence-electron chi connectivity index (χ1n) is 8.02. The average Bonchev–Trinajstić information content (AvgIpc) is 2.55. The van der Waals surface area contributed by atoms with Crippen LogP contribution < -0.4 is 11.1 Å². The van der Waals surface area contributed by atoms with Crippen molar-refractivity contribution in [3.63, 3.8) is 0 Å². The molecule has 1 aliphatic rings. The van der Waals surface area contributed by atoms with Gasteiger partial charge in [-0.05, 0) is 24.8 Å². The fourth-order valence-corrected chi connectivity index (χ4v) is 4.31. The molecule has 0 aromatic heterocycles. The Bertz CT molecular complexity index is 617. The standard InChI is InChI=1S/C16H25N3O3S.ClH/c1-2-12-23(21,22)19-10-8-14(9-11-19)18-16(20)15(17)13-6-4-3-5-7-13;/h3-7,14-15H,2,8-12,17H2,1H3,(H,18,20);1H. The van der Waals surface area contributed by atoms with E-state index in [2.05, 4.69) is 5.32 Å². The van der Waals surface area contributed by atoms with Gasteiger partial charge < -0.3 is 11.1 Å². The number of rotatable bonds is 6. The summed E-state index contributed by atoms with van der Waals surface area (Å²) in [5.41, 5.74) is 6.74. The molecule has 1 aromatic carbocycles. The first kappa shape index (κ1) is 20.9. The molecule has 1 fully saturated rings. The normalized spacial score (nSPS) is 17.8. The predicted molar refractivity (Wildman–Crippen MR) is 97.4 cm³/mol. The zero-order valence-electron chi connectivity index (χ0n) is 13.8. The molecule has 1 aliphatic heterocycles. The Balaban J connectivity index is 0.00000288. The number of sulfonamides is 1. The van der Waals surface area contributed by atoms with E-state index in [1.165, 1.54) is 4.31 Å². The number of carbonyl (C=O) groups is 1. The lowest BCUT2D eigenvalue weighted by Crippen LogP contribution is -2.48. The quantitative estimate of drug-likeness (QED) is 0.786. The van der Waals surface area contributed by atoms with Crippen LogP contribution in [-0.4, -0.2) is 43.5 Å². The first-order valence-corrected chi connectivity index (χ1v) is 9.63. The number of hydrogen-bond acceptors (Lipinski definition) is 4. The summed E-state index contributed by atoms with van der Waals surface area (Å²) in [7, 11) is -3.15. The molecule has 0 bridgehead atoms. The molecule has 0 radical (unpaired) electrons. The van der Waals surface area contributed by atoms with Crippen molar-refractivity contribution in [1.29, 1.82) is 0 Å². The number of hydrogen-bond donors (Lipinski definition) is 2. The lowest BCUT2D eigenvalue weighted by Gasteiger charge is -2.32. The van der Waals surface area contributed by atoms with Crippen LogP contribution in [-0.2, 0) is 14.8 Å². The predicted octanol–water partition coefficient (Wildman–Crippen LogP) is 1.43. The smallest absolute Gasteiger partial charge is 0.241 e. The molecule has 2 rings (SSSR count). The Morgan fingerprint density at radius 2 is 1.88 bits per heavy atom. The van der Waals surface area contributed by atoms with Gasteiger partial charge in [0.2, 0.25) is 15.9 Å². The molecule has 24 heavy (non-hydrogen) atoms. The van der Waals surface area contributed by atoms with Crippen LogP contribution in [0.5, 0.6) is 0 Å². The van der Waals surface area contributed by atoms with Gasteiger partial charge in [0.1, 0.15) is 6.04 Å². The second-order valence-electron chi connectivity index (χ2n) is 5.89. The zero-order valence-corrected chi connectivity index (χ0v) is 15.5. The van der Waals surface area contributed by atoms with Gasteiger partial charge in [0, 0.05) is 19.1 Å². The second kappa shape index (κ2) is 9.36. The van der Waals surface area contributed by atoms with E-state index in [9.17, 15) is 13.2 Å². The second-order valence-corrected chi connectivity index (χ2v) is 7.97. The van der Waals surface area contributed by atoms with Crippen LogP contribution in [0.4, 0.5) is 0 Å². The summed E-state index contributed by atoms with van der Waals surface area (Å²) >= 11 is 0. The summed E-state index contributed by atoms with van der Waals surface area (Å²) in [5.74, 6) is -0.0332. The van der Waals surface area contributed by atoms with E-state index >= 15 is 0 Å². The fraction of sp³-hybridized carbons (Fsp3) is 0.562. The van der Waals surface area contributed by atoms with Gasteiger partial charge in [0.25, 0.3) is 0 Å². The van der Waals surface area contributed by atoms with Gasteiger partial charge in [-0.1, -0.05) is 37.3 Å². The summed E-state index contributed by atoms with van der Waals surface area (Å²) in [4.78, 5) is 12.2. The van der Waals surface area contributed by atoms with E-state index in [1.807, 2.05) is 37.3 Å². The van der Waals surface area contributed by atoms with Crippen LogP contribution in [0.1, 0.15) is 37.8 Å². The minimum atomic E-state index is -3.15. The maximum Gasteiger partial charge on any atom is 0.241 e. The Labute approximate surface area is 150 Å². The molecule has 1 amide bonds. The molecule has 8 heteroatoms. The van der Waals surface area contributed by atoms with Crippen molar-refractivity contribution < 1.29 is 13.2 Å². The van der Waals surface area contributed by atoms with E-state index in [1.54, 1.807) is 0 Å². The summed E-state index contributed by atoms with van der Waals surface area (Å²) in [5, 5.41) is 2.94. The van der Waals surface area contributed by atoms with Crippen molar-refractivity contribution in [2.24, 2.45) is 5.73 Å². The number of amides is 1. The number of piperidine rings is 1. The van der Waals surface area contributed by atoms with Gasteiger partial charge in [0.15, 0.2) is 0 Å². The highest BCUT2D eigenvalue weighted by Crippen LogP contribution is 2.16. The van der Waals surface area contributed by atoms with Gasteiger partial charge in [-0.25, -0.2) is 12.7 Å². The Morgan fingerprint density at radius 1 is 1.29 bits per heavy atom. The number of benzene rings is 1. The topological polar surface area (TPSA) is 92.5 Å². The SMILES string of the molecule is CCCS(=O)(=O)N1CCC(NC(=O)C(N)c2ccccc2)CC1.Cl. The summed E-state index contributed by atoms with van der Waals surface area (Å²) in [6, 6.07) is 8.50. The van der Waals surface area contributed by atoms with Gasteiger partial charge >= 0.3 is 0 Å². The molecule has 1 saturated heterocycles. The zero-order chi connectivity index (χ0) is 16.9. The van der Waals surface area contributed by atoms with Crippen molar-refractivity contribution in [3.05, 3.63) is 35.9 Å². The number of carbonyl (C=O) groups excluding carboxylic acids is 1. The monoisotopic (exact) mass is 375 g/mol. The molecule has 0 saturated carbocycles. The van der Waals surface area contributed by atoms with Crippen LogP contribution in [0.2, 0.25) is 0 Å². The Hall–Kier alpha value is -1.15. The van der Waals surface area contributed by atoms with E-state index in [0.29, 0.717) is 32.4 Å². The third-order valence-electron chi connectivity index (χ3n) is 4.10. The van der Waals surface area contributed by atoms with Gasteiger partial charge in [-0.3, -0.25) is 4.79 Å². The summed E-state index contributed by atoms with van der Waals surface area (Å²) in [6.45, 7) is 2.76. The Morgan fingerprint density at radius 3 is 2.42 bits per heavy atom. The maximum absolute atomic E-state index is 12.2. The van der Waals surface area contributed by atoms with Crippen LogP contribution in [0, 0.1) is 0 Å². The first-order chi connectivity index (χ1) is 10.9. The van der Waals surface area contributed by atoms with E-state index in [0.717, 1.165) is 5.56 Å². The minimum absolute atomic E-state index is 0. The van der Waals surface area contributed by atoms with Gasteiger partial charge in [-0.15, -0.1) is 12.4 Å². The van der Waals surface area contributed by atoms with Gasteiger partial charge in [0.05, 0.1) is 5.75 Å². The molecule has 3 N–H and O–H groups in total. The summed E-state index contributed by atoms with van der Waals surface area (Å²) in [6.07, 6.45) is 1.86. The highest BCUT2D eigenvalue weighted by molar-refractivity contribution is 7.89. The molecule has 1 heterocycles. The molecule has 6 nitrogen and oxygen atoms in total. The van der Waals surface area contributed by atoms with Crippen LogP contribution >= 0.6 is 12.4 Å². The van der Waals surface area contributed by atoms with E-state index < -0.39 is 16.1 Å². The van der Waals surface area contributed by atoms with Crippen molar-refractivity contribution in [3.8, 4) is 0 Å². The number of nitrogens with one attached hydrogen (secondary N) is 1. The van der Waals surface area contributed by atoms with Crippen molar-refractivity contribution in [1.82, 2.24) is 9.62 Å². The lowest BCUT2D eigenvalue weighted by atomic mass is 10.0. The average molecular weight is 376 g/mol. The summed E-state index contributed by atoms with van der Waals surface area (Å²) < 4.78 is 25.6. The molecule has 1 atom stereocenters.